The highest BCUT2D eigenvalue weighted by Gasteiger charge is 2.35. The van der Waals surface area contributed by atoms with E-state index in [0.717, 1.165) is 25.8 Å². The van der Waals surface area contributed by atoms with Gasteiger partial charge in [0.15, 0.2) is 5.78 Å². The van der Waals surface area contributed by atoms with Gasteiger partial charge in [-0.05, 0) is 44.9 Å². The summed E-state index contributed by atoms with van der Waals surface area (Å²) in [5.74, 6) is 0.109. The molecule has 1 unspecified atom stereocenters. The lowest BCUT2D eigenvalue weighted by Crippen LogP contribution is -2.52. The Hall–Kier alpha value is -0.860. The zero-order valence-corrected chi connectivity index (χ0v) is 10.2. The van der Waals surface area contributed by atoms with Crippen LogP contribution in [0.4, 0.5) is 0 Å². The minimum atomic E-state index is -0.441. The lowest BCUT2D eigenvalue weighted by atomic mass is 9.84. The first-order chi connectivity index (χ1) is 7.63. The Labute approximate surface area is 101 Å². The van der Waals surface area contributed by atoms with Gasteiger partial charge in [-0.2, -0.15) is 0 Å². The molecule has 1 aromatic rings. The summed E-state index contributed by atoms with van der Waals surface area (Å²) in [6, 6.07) is 7.26. The van der Waals surface area contributed by atoms with Crippen LogP contribution in [0.1, 0.15) is 36.5 Å². The molecule has 0 aliphatic carbocycles. The van der Waals surface area contributed by atoms with E-state index in [1.54, 1.807) is 12.1 Å². The summed E-state index contributed by atoms with van der Waals surface area (Å²) in [6.45, 7) is 2.88. The van der Waals surface area contributed by atoms with Crippen LogP contribution >= 0.6 is 11.6 Å². The Morgan fingerprint density at radius 2 is 2.12 bits per heavy atom. The van der Waals surface area contributed by atoms with Crippen molar-refractivity contribution in [2.45, 2.75) is 31.7 Å². The minimum Gasteiger partial charge on any atom is -0.305 e. The minimum absolute atomic E-state index is 0.109. The number of ketones is 1. The fraction of sp³-hybridized carbons (Fsp3) is 0.462. The Morgan fingerprint density at radius 3 is 2.75 bits per heavy atom. The Kier molecular flexibility index (Phi) is 3.31. The molecule has 1 atom stereocenters. The Balaban J connectivity index is 2.28. The van der Waals surface area contributed by atoms with Gasteiger partial charge in [0.05, 0.1) is 10.6 Å². The second-order valence-corrected chi connectivity index (χ2v) is 4.93. The van der Waals surface area contributed by atoms with Crippen molar-refractivity contribution in [3.8, 4) is 0 Å². The molecule has 0 aromatic heterocycles. The molecule has 0 saturated carbocycles. The molecular formula is C13H16ClNO. The van der Waals surface area contributed by atoms with Crippen LogP contribution in [0.2, 0.25) is 5.02 Å². The number of carbonyl (C=O) groups is 1. The number of hydrogen-bond donors (Lipinski definition) is 1. The van der Waals surface area contributed by atoms with Gasteiger partial charge < -0.3 is 5.32 Å². The number of carbonyl (C=O) groups excluding carboxylic acids is 1. The van der Waals surface area contributed by atoms with Crippen LogP contribution in [0.5, 0.6) is 0 Å². The zero-order valence-electron chi connectivity index (χ0n) is 9.42. The molecule has 1 aliphatic rings. The molecule has 1 aromatic carbocycles. The summed E-state index contributed by atoms with van der Waals surface area (Å²) in [4.78, 5) is 12.4. The van der Waals surface area contributed by atoms with Gasteiger partial charge in [0.1, 0.15) is 0 Å². The van der Waals surface area contributed by atoms with E-state index in [1.807, 2.05) is 19.1 Å². The van der Waals surface area contributed by atoms with Gasteiger partial charge in [-0.25, -0.2) is 0 Å². The quantitative estimate of drug-likeness (QED) is 0.801. The zero-order chi connectivity index (χ0) is 11.6. The molecule has 1 N–H and O–H groups in total. The largest absolute Gasteiger partial charge is 0.305 e. The van der Waals surface area contributed by atoms with E-state index in [4.69, 9.17) is 11.6 Å². The van der Waals surface area contributed by atoms with Crippen LogP contribution in [-0.4, -0.2) is 17.9 Å². The van der Waals surface area contributed by atoms with E-state index in [9.17, 15) is 4.79 Å². The average Bonchev–Trinajstić information content (AvgIpc) is 2.30. The fourth-order valence-electron chi connectivity index (χ4n) is 2.19. The molecule has 0 radical (unpaired) electrons. The van der Waals surface area contributed by atoms with E-state index in [2.05, 4.69) is 5.32 Å². The predicted octanol–water partition coefficient (Wildman–Crippen LogP) is 3.05. The molecule has 86 valence electrons. The van der Waals surface area contributed by atoms with Gasteiger partial charge >= 0.3 is 0 Å². The molecule has 1 heterocycles. The monoisotopic (exact) mass is 237 g/mol. The van der Waals surface area contributed by atoms with Gasteiger partial charge in [0, 0.05) is 5.56 Å². The van der Waals surface area contributed by atoms with Crippen molar-refractivity contribution < 1.29 is 4.79 Å². The fourth-order valence-corrected chi connectivity index (χ4v) is 2.41. The molecule has 0 bridgehead atoms. The summed E-state index contributed by atoms with van der Waals surface area (Å²) in [7, 11) is 0. The first kappa shape index (κ1) is 11.6. The van der Waals surface area contributed by atoms with E-state index in [1.165, 1.54) is 0 Å². The van der Waals surface area contributed by atoms with Crippen LogP contribution in [0.15, 0.2) is 24.3 Å². The van der Waals surface area contributed by atoms with Crippen molar-refractivity contribution in [2.24, 2.45) is 0 Å². The molecule has 1 aliphatic heterocycles. The third-order valence-electron chi connectivity index (χ3n) is 3.24. The highest BCUT2D eigenvalue weighted by atomic mass is 35.5. The van der Waals surface area contributed by atoms with Crippen LogP contribution in [-0.2, 0) is 0 Å². The van der Waals surface area contributed by atoms with Crippen molar-refractivity contribution in [3.05, 3.63) is 34.9 Å². The molecule has 2 rings (SSSR count). The summed E-state index contributed by atoms with van der Waals surface area (Å²) in [5, 5.41) is 3.86. The first-order valence-electron chi connectivity index (χ1n) is 5.68. The van der Waals surface area contributed by atoms with Crippen LogP contribution in [0.25, 0.3) is 0 Å². The Bertz CT molecular complexity index is 397. The third kappa shape index (κ3) is 2.13. The van der Waals surface area contributed by atoms with Crippen molar-refractivity contribution in [3.63, 3.8) is 0 Å². The van der Waals surface area contributed by atoms with Gasteiger partial charge in [-0.3, -0.25) is 4.79 Å². The maximum Gasteiger partial charge on any atom is 0.184 e. The number of benzene rings is 1. The molecule has 1 fully saturated rings. The standard InChI is InChI=1S/C13H16ClNO/c1-13(8-4-5-9-15-13)12(16)10-6-2-3-7-11(10)14/h2-3,6-7,15H,4-5,8-9H2,1H3. The van der Waals surface area contributed by atoms with Crippen LogP contribution in [0, 0.1) is 0 Å². The summed E-state index contributed by atoms with van der Waals surface area (Å²) in [5.41, 5.74) is 0.185. The Morgan fingerprint density at radius 1 is 1.38 bits per heavy atom. The van der Waals surface area contributed by atoms with Crippen LogP contribution in [0.3, 0.4) is 0 Å². The molecule has 16 heavy (non-hydrogen) atoms. The second kappa shape index (κ2) is 4.56. The summed E-state index contributed by atoms with van der Waals surface area (Å²) in [6.07, 6.45) is 3.13. The molecule has 0 spiro atoms. The van der Waals surface area contributed by atoms with Crippen molar-refractivity contribution >= 4 is 17.4 Å². The molecule has 1 saturated heterocycles. The van der Waals surface area contributed by atoms with E-state index < -0.39 is 5.54 Å². The lowest BCUT2D eigenvalue weighted by molar-refractivity contribution is 0.0835. The predicted molar refractivity (Wildman–Crippen MR) is 66.0 cm³/mol. The van der Waals surface area contributed by atoms with Gasteiger partial charge in [0.25, 0.3) is 0 Å². The third-order valence-corrected chi connectivity index (χ3v) is 3.57. The van der Waals surface area contributed by atoms with E-state index in [-0.39, 0.29) is 5.78 Å². The van der Waals surface area contributed by atoms with Crippen molar-refractivity contribution in [1.82, 2.24) is 5.32 Å². The summed E-state index contributed by atoms with van der Waals surface area (Å²) >= 11 is 6.05. The molecule has 0 amide bonds. The maximum atomic E-state index is 12.4. The number of halogens is 1. The molecule has 2 nitrogen and oxygen atoms in total. The topological polar surface area (TPSA) is 29.1 Å². The van der Waals surface area contributed by atoms with Crippen molar-refractivity contribution in [2.75, 3.05) is 6.54 Å². The first-order valence-corrected chi connectivity index (χ1v) is 6.06. The molecule has 3 heteroatoms. The average molecular weight is 238 g/mol. The van der Waals surface area contributed by atoms with Crippen molar-refractivity contribution in [1.29, 1.82) is 0 Å². The summed E-state index contributed by atoms with van der Waals surface area (Å²) < 4.78 is 0. The van der Waals surface area contributed by atoms with E-state index >= 15 is 0 Å². The number of piperidine rings is 1. The number of Topliss-reactive ketones (excluding diaryl/α,β-unsaturated/α-hetero) is 1. The highest BCUT2D eigenvalue weighted by molar-refractivity contribution is 6.34. The lowest BCUT2D eigenvalue weighted by Gasteiger charge is -2.33. The number of hydrogen-bond acceptors (Lipinski definition) is 2. The smallest absolute Gasteiger partial charge is 0.184 e. The van der Waals surface area contributed by atoms with E-state index in [0.29, 0.717) is 10.6 Å². The van der Waals surface area contributed by atoms with Gasteiger partial charge in [-0.15, -0.1) is 0 Å². The number of rotatable bonds is 2. The second-order valence-electron chi connectivity index (χ2n) is 4.52. The van der Waals surface area contributed by atoms with Gasteiger partial charge in [0.2, 0.25) is 0 Å². The SMILES string of the molecule is CC1(C(=O)c2ccccc2Cl)CCCCN1. The number of nitrogens with one attached hydrogen (secondary N) is 1. The normalized spacial score (nSPS) is 25.4. The van der Waals surface area contributed by atoms with Crippen LogP contribution < -0.4 is 5.32 Å². The van der Waals surface area contributed by atoms with Gasteiger partial charge in [-0.1, -0.05) is 23.7 Å². The maximum absolute atomic E-state index is 12.4. The molecular weight excluding hydrogens is 222 g/mol. The highest BCUT2D eigenvalue weighted by Crippen LogP contribution is 2.26.